The fraction of sp³-hybridized carbons (Fsp3) is 0.600. The molecule has 19 heavy (non-hydrogen) atoms. The minimum atomic E-state index is 0.374. The van der Waals surface area contributed by atoms with E-state index in [0.29, 0.717) is 11.8 Å². The average Bonchev–Trinajstić information content (AvgIpc) is 2.41. The van der Waals surface area contributed by atoms with Crippen LogP contribution in [0, 0.1) is 0 Å². The molecule has 0 aliphatic carbocycles. The second-order valence-electron chi connectivity index (χ2n) is 5.65. The van der Waals surface area contributed by atoms with Crippen LogP contribution in [0.25, 0.3) is 0 Å². The molecule has 0 N–H and O–H groups in total. The molecule has 0 radical (unpaired) electrons. The van der Waals surface area contributed by atoms with E-state index >= 15 is 0 Å². The van der Waals surface area contributed by atoms with Gasteiger partial charge in [-0.3, -0.25) is 0 Å². The number of rotatable bonds is 3. The maximum Gasteiger partial charge on any atom is 0.203 e. The molecule has 106 valence electrons. The predicted octanol–water partition coefficient (Wildman–Crippen LogP) is 2.41. The molecule has 1 atom stereocenters. The Morgan fingerprint density at radius 1 is 1.05 bits per heavy atom. The van der Waals surface area contributed by atoms with Crippen molar-refractivity contribution in [1.29, 1.82) is 0 Å². The molecule has 2 rings (SSSR count). The third kappa shape index (κ3) is 2.14. The number of hydrogen-bond acceptors (Lipinski definition) is 3. The summed E-state index contributed by atoms with van der Waals surface area (Å²) in [6.07, 6.45) is 1.03. The first-order valence-corrected chi connectivity index (χ1v) is 6.60. The van der Waals surface area contributed by atoms with E-state index < -0.39 is 0 Å². The van der Waals surface area contributed by atoms with Crippen LogP contribution < -0.4 is 14.2 Å². The Labute approximate surface area is 115 Å². The number of ether oxygens (including phenoxy) is 3. The summed E-state index contributed by atoms with van der Waals surface area (Å²) in [6.45, 7) is 3.36. The van der Waals surface area contributed by atoms with E-state index in [1.807, 2.05) is 0 Å². The van der Waals surface area contributed by atoms with Gasteiger partial charge < -0.3 is 18.7 Å². The van der Waals surface area contributed by atoms with Crippen LogP contribution in [-0.4, -0.2) is 46.5 Å². The van der Waals surface area contributed by atoms with Crippen LogP contribution in [0.3, 0.4) is 0 Å². The monoisotopic (exact) mass is 266 g/mol. The van der Waals surface area contributed by atoms with Crippen molar-refractivity contribution >= 4 is 0 Å². The summed E-state index contributed by atoms with van der Waals surface area (Å²) >= 11 is 0. The van der Waals surface area contributed by atoms with E-state index in [0.717, 1.165) is 28.9 Å². The van der Waals surface area contributed by atoms with Crippen molar-refractivity contribution in [2.75, 3.05) is 42.0 Å². The van der Waals surface area contributed by atoms with Crippen molar-refractivity contribution in [1.82, 2.24) is 0 Å². The zero-order chi connectivity index (χ0) is 14.2. The summed E-state index contributed by atoms with van der Waals surface area (Å²) < 4.78 is 17.5. The second kappa shape index (κ2) is 4.93. The SMILES string of the molecule is COc1cc2c(c(OC)c1OC)[C@H](C)[N+](C)(C)CC2. The number of fused-ring (bicyclic) bond motifs is 1. The molecular formula is C15H24NO3+. The van der Waals surface area contributed by atoms with Gasteiger partial charge in [-0.2, -0.15) is 0 Å². The third-order valence-corrected chi connectivity index (χ3v) is 4.38. The molecule has 1 aliphatic rings. The smallest absolute Gasteiger partial charge is 0.203 e. The number of benzene rings is 1. The van der Waals surface area contributed by atoms with Crippen LogP contribution in [-0.2, 0) is 6.42 Å². The molecule has 0 saturated heterocycles. The fourth-order valence-electron chi connectivity index (χ4n) is 2.85. The van der Waals surface area contributed by atoms with Gasteiger partial charge in [-0.25, -0.2) is 0 Å². The van der Waals surface area contributed by atoms with E-state index in [4.69, 9.17) is 14.2 Å². The van der Waals surface area contributed by atoms with Crippen molar-refractivity contribution < 1.29 is 18.7 Å². The van der Waals surface area contributed by atoms with Crippen LogP contribution in [0.15, 0.2) is 6.07 Å². The lowest BCUT2D eigenvalue weighted by molar-refractivity contribution is -0.921. The minimum absolute atomic E-state index is 0.374. The minimum Gasteiger partial charge on any atom is -0.493 e. The lowest BCUT2D eigenvalue weighted by atomic mass is 9.90. The summed E-state index contributed by atoms with van der Waals surface area (Å²) in [7, 11) is 9.52. The molecule has 0 aromatic heterocycles. The molecule has 0 amide bonds. The summed E-state index contributed by atoms with van der Waals surface area (Å²) in [6, 6.07) is 2.46. The van der Waals surface area contributed by atoms with Crippen molar-refractivity contribution in [3.8, 4) is 17.2 Å². The molecular weight excluding hydrogens is 242 g/mol. The van der Waals surface area contributed by atoms with Crippen LogP contribution in [0.1, 0.15) is 24.1 Å². The Kier molecular flexibility index (Phi) is 3.63. The largest absolute Gasteiger partial charge is 0.493 e. The van der Waals surface area contributed by atoms with E-state index in [1.165, 1.54) is 11.1 Å². The molecule has 4 nitrogen and oxygen atoms in total. The molecule has 1 heterocycles. The van der Waals surface area contributed by atoms with Gasteiger partial charge in [-0.05, 0) is 18.6 Å². The van der Waals surface area contributed by atoms with Crippen LogP contribution in [0.2, 0.25) is 0 Å². The number of likely N-dealkylation sites (N-methyl/N-ethyl adjacent to an activating group) is 1. The number of nitrogens with zero attached hydrogens (tertiary/aromatic N) is 1. The quantitative estimate of drug-likeness (QED) is 0.786. The van der Waals surface area contributed by atoms with Gasteiger partial charge in [0.05, 0.1) is 47.5 Å². The van der Waals surface area contributed by atoms with Crippen LogP contribution in [0.4, 0.5) is 0 Å². The standard InChI is InChI=1S/C15H24NO3/c1-10-13-11(7-8-16(10,2)3)9-12(17-4)14(18-5)15(13)19-6/h9-10H,7-8H2,1-6H3/q+1/t10-/m0/s1. The van der Waals surface area contributed by atoms with E-state index in [2.05, 4.69) is 27.1 Å². The highest BCUT2D eigenvalue weighted by atomic mass is 16.5. The first-order chi connectivity index (χ1) is 8.96. The first-order valence-electron chi connectivity index (χ1n) is 6.60. The van der Waals surface area contributed by atoms with Gasteiger partial charge >= 0.3 is 0 Å². The van der Waals surface area contributed by atoms with E-state index in [1.54, 1.807) is 21.3 Å². The van der Waals surface area contributed by atoms with Crippen LogP contribution in [0.5, 0.6) is 17.2 Å². The summed E-state index contributed by atoms with van der Waals surface area (Å²) in [5, 5.41) is 0. The molecule has 0 fully saturated rings. The molecule has 0 spiro atoms. The number of hydrogen-bond donors (Lipinski definition) is 0. The maximum absolute atomic E-state index is 5.63. The number of methoxy groups -OCH3 is 3. The predicted molar refractivity (Wildman–Crippen MR) is 75.2 cm³/mol. The summed E-state index contributed by atoms with van der Waals surface area (Å²) in [4.78, 5) is 0. The Balaban J connectivity index is 2.68. The third-order valence-electron chi connectivity index (χ3n) is 4.38. The highest BCUT2D eigenvalue weighted by Crippen LogP contribution is 2.48. The first kappa shape index (κ1) is 14.0. The highest BCUT2D eigenvalue weighted by molar-refractivity contribution is 5.60. The van der Waals surface area contributed by atoms with Gasteiger partial charge in [0.25, 0.3) is 0 Å². The van der Waals surface area contributed by atoms with Gasteiger partial charge in [0.1, 0.15) is 6.04 Å². The Morgan fingerprint density at radius 2 is 1.68 bits per heavy atom. The van der Waals surface area contributed by atoms with Gasteiger partial charge in [0, 0.05) is 6.42 Å². The topological polar surface area (TPSA) is 27.7 Å². The van der Waals surface area contributed by atoms with Crippen molar-refractivity contribution in [3.05, 3.63) is 17.2 Å². The van der Waals surface area contributed by atoms with Gasteiger partial charge in [0.2, 0.25) is 5.75 Å². The van der Waals surface area contributed by atoms with Gasteiger partial charge in [-0.1, -0.05) is 0 Å². The molecule has 1 aromatic carbocycles. The lowest BCUT2D eigenvalue weighted by Crippen LogP contribution is -2.46. The van der Waals surface area contributed by atoms with Crippen LogP contribution >= 0.6 is 0 Å². The van der Waals surface area contributed by atoms with Gasteiger partial charge in [-0.15, -0.1) is 0 Å². The lowest BCUT2D eigenvalue weighted by Gasteiger charge is -2.41. The average molecular weight is 266 g/mol. The molecule has 0 saturated carbocycles. The zero-order valence-corrected chi connectivity index (χ0v) is 12.7. The molecule has 0 bridgehead atoms. The summed E-state index contributed by atoms with van der Waals surface area (Å²) in [5.74, 6) is 2.25. The molecule has 1 aliphatic heterocycles. The van der Waals surface area contributed by atoms with E-state index in [9.17, 15) is 0 Å². The molecule has 4 heteroatoms. The van der Waals surface area contributed by atoms with Gasteiger partial charge in [0.15, 0.2) is 11.5 Å². The normalized spacial score (nSPS) is 20.6. The Hall–Kier alpha value is -1.42. The van der Waals surface area contributed by atoms with E-state index in [-0.39, 0.29) is 0 Å². The molecule has 0 unspecified atom stereocenters. The Bertz CT molecular complexity index is 483. The molecule has 1 aromatic rings. The van der Waals surface area contributed by atoms with Crippen molar-refractivity contribution in [3.63, 3.8) is 0 Å². The van der Waals surface area contributed by atoms with Crippen molar-refractivity contribution in [2.45, 2.75) is 19.4 Å². The van der Waals surface area contributed by atoms with Crippen molar-refractivity contribution in [2.24, 2.45) is 0 Å². The summed E-state index contributed by atoms with van der Waals surface area (Å²) in [5.41, 5.74) is 2.55. The fourth-order valence-corrected chi connectivity index (χ4v) is 2.85. The highest BCUT2D eigenvalue weighted by Gasteiger charge is 2.37. The maximum atomic E-state index is 5.63. The number of quaternary nitrogens is 1. The second-order valence-corrected chi connectivity index (χ2v) is 5.65. The zero-order valence-electron chi connectivity index (χ0n) is 12.7. The Morgan fingerprint density at radius 3 is 2.21 bits per heavy atom.